The standard InChI is InChI=1S/C15H18N4O5/c20-8-12(22)13(23)11(21)7-16-19-15-17-10(14(24)18-15)6-9-4-2-1-3-5-9/h1-7,11-13,20-23H,8H2,(H2,17,18,19,24)/b10-6-,16-7+/t11-,12+,13+/m0/s1. The van der Waals surface area contributed by atoms with Crippen LogP contribution in [0.3, 0.4) is 0 Å². The lowest BCUT2D eigenvalue weighted by atomic mass is 10.1. The van der Waals surface area contributed by atoms with Gasteiger partial charge in [0.25, 0.3) is 5.91 Å². The number of amides is 1. The molecule has 1 aromatic rings. The highest BCUT2D eigenvalue weighted by Gasteiger charge is 2.23. The van der Waals surface area contributed by atoms with E-state index < -0.39 is 30.8 Å². The maximum Gasteiger partial charge on any atom is 0.276 e. The van der Waals surface area contributed by atoms with Crippen molar-refractivity contribution in [3.8, 4) is 0 Å². The first-order valence-corrected chi connectivity index (χ1v) is 7.12. The number of carbonyl (C=O) groups excluding carboxylic acids is 1. The third-order valence-corrected chi connectivity index (χ3v) is 3.13. The molecule has 2 rings (SSSR count). The largest absolute Gasteiger partial charge is 0.394 e. The van der Waals surface area contributed by atoms with Gasteiger partial charge in [0.1, 0.15) is 24.0 Å². The molecule has 9 heteroatoms. The van der Waals surface area contributed by atoms with Gasteiger partial charge < -0.3 is 20.4 Å². The summed E-state index contributed by atoms with van der Waals surface area (Å²) in [5.41, 5.74) is 3.40. The maximum absolute atomic E-state index is 11.8. The highest BCUT2D eigenvalue weighted by Crippen LogP contribution is 2.11. The molecule has 3 atom stereocenters. The van der Waals surface area contributed by atoms with Gasteiger partial charge in [-0.05, 0) is 11.6 Å². The average Bonchev–Trinajstić information content (AvgIpc) is 2.93. The molecule has 1 heterocycles. The second kappa shape index (κ2) is 8.31. The van der Waals surface area contributed by atoms with E-state index in [0.717, 1.165) is 11.8 Å². The minimum Gasteiger partial charge on any atom is -0.394 e. The summed E-state index contributed by atoms with van der Waals surface area (Å²) < 4.78 is 0. The van der Waals surface area contributed by atoms with Gasteiger partial charge in [-0.3, -0.25) is 10.1 Å². The van der Waals surface area contributed by atoms with Crippen LogP contribution in [-0.2, 0) is 4.79 Å². The Morgan fingerprint density at radius 2 is 1.96 bits per heavy atom. The number of nitrogens with zero attached hydrogens (tertiary/aromatic N) is 2. The molecule has 1 aliphatic heterocycles. The van der Waals surface area contributed by atoms with Crippen LogP contribution >= 0.6 is 0 Å². The highest BCUT2D eigenvalue weighted by molar-refractivity contribution is 6.13. The van der Waals surface area contributed by atoms with Crippen LogP contribution in [0.25, 0.3) is 6.08 Å². The smallest absolute Gasteiger partial charge is 0.276 e. The van der Waals surface area contributed by atoms with E-state index in [0.29, 0.717) is 0 Å². The summed E-state index contributed by atoms with van der Waals surface area (Å²) in [6, 6.07) is 9.17. The van der Waals surface area contributed by atoms with E-state index in [9.17, 15) is 20.1 Å². The molecule has 128 valence electrons. The fourth-order valence-corrected chi connectivity index (χ4v) is 1.83. The Kier molecular flexibility index (Phi) is 6.15. The first-order chi connectivity index (χ1) is 11.5. The van der Waals surface area contributed by atoms with Gasteiger partial charge in [-0.2, -0.15) is 5.10 Å². The van der Waals surface area contributed by atoms with Crippen molar-refractivity contribution in [2.24, 2.45) is 10.1 Å². The zero-order valence-electron chi connectivity index (χ0n) is 12.6. The van der Waals surface area contributed by atoms with Crippen molar-refractivity contribution in [2.45, 2.75) is 18.3 Å². The quantitative estimate of drug-likeness (QED) is 0.205. The van der Waals surface area contributed by atoms with Gasteiger partial charge >= 0.3 is 0 Å². The second-order valence-electron chi connectivity index (χ2n) is 4.98. The molecule has 1 amide bonds. The van der Waals surface area contributed by atoms with Crippen molar-refractivity contribution in [3.05, 3.63) is 41.6 Å². The average molecular weight is 334 g/mol. The molecule has 0 spiro atoms. The van der Waals surface area contributed by atoms with Gasteiger partial charge in [0.2, 0.25) is 5.96 Å². The van der Waals surface area contributed by atoms with Crippen LogP contribution in [0, 0.1) is 0 Å². The van der Waals surface area contributed by atoms with E-state index in [1.54, 1.807) is 6.08 Å². The molecule has 24 heavy (non-hydrogen) atoms. The van der Waals surface area contributed by atoms with Gasteiger partial charge in [-0.15, -0.1) is 0 Å². The number of rotatable bonds is 6. The van der Waals surface area contributed by atoms with Crippen molar-refractivity contribution in [1.29, 1.82) is 0 Å². The summed E-state index contributed by atoms with van der Waals surface area (Å²) in [6.45, 7) is -0.699. The number of hydrazone groups is 1. The molecule has 1 aromatic carbocycles. The van der Waals surface area contributed by atoms with Gasteiger partial charge in [0.15, 0.2) is 0 Å². The summed E-state index contributed by atoms with van der Waals surface area (Å²) in [7, 11) is 0. The predicted molar refractivity (Wildman–Crippen MR) is 86.7 cm³/mol. The number of aliphatic hydroxyl groups is 4. The summed E-state index contributed by atoms with van der Waals surface area (Å²) in [6.07, 6.45) is -2.07. The Balaban J connectivity index is 1.96. The maximum atomic E-state index is 11.8. The molecule has 0 saturated carbocycles. The van der Waals surface area contributed by atoms with Gasteiger partial charge in [-0.1, -0.05) is 30.3 Å². The molecule has 1 aliphatic rings. The number of benzene rings is 1. The number of nitrogens with one attached hydrogen (secondary N) is 2. The number of guanidine groups is 1. The van der Waals surface area contributed by atoms with E-state index in [2.05, 4.69) is 20.8 Å². The lowest BCUT2D eigenvalue weighted by Gasteiger charge is -2.17. The van der Waals surface area contributed by atoms with Crippen LogP contribution < -0.4 is 10.7 Å². The van der Waals surface area contributed by atoms with Crippen molar-refractivity contribution >= 4 is 24.2 Å². The molecule has 9 nitrogen and oxygen atoms in total. The van der Waals surface area contributed by atoms with E-state index in [1.807, 2.05) is 30.3 Å². The molecule has 0 radical (unpaired) electrons. The van der Waals surface area contributed by atoms with E-state index in [-0.39, 0.29) is 11.7 Å². The summed E-state index contributed by atoms with van der Waals surface area (Å²) >= 11 is 0. The molecule has 0 aromatic heterocycles. The third-order valence-electron chi connectivity index (χ3n) is 3.13. The Bertz CT molecular complexity index is 659. The lowest BCUT2D eigenvalue weighted by Crippen LogP contribution is -2.41. The SMILES string of the molecule is O=C1NC(N/N=C/[C@H](O)[C@@H](O)[C@H](O)CO)=N/C1=C\c1ccccc1. The number of aliphatic imine (C=N–C) groups is 1. The fourth-order valence-electron chi connectivity index (χ4n) is 1.83. The first kappa shape index (κ1) is 17.8. The van der Waals surface area contributed by atoms with Gasteiger partial charge in [-0.25, -0.2) is 10.4 Å². The Hall–Kier alpha value is -2.59. The van der Waals surface area contributed by atoms with Crippen LogP contribution in [0.15, 0.2) is 46.1 Å². The minimum atomic E-state index is -1.59. The Morgan fingerprint density at radius 3 is 2.62 bits per heavy atom. The normalized spacial score (nSPS) is 19.9. The molecule has 0 aliphatic carbocycles. The number of aliphatic hydroxyl groups excluding tert-OH is 4. The Labute approximate surface area is 137 Å². The molecule has 0 bridgehead atoms. The summed E-state index contributed by atoms with van der Waals surface area (Å²) in [5, 5.41) is 42.9. The van der Waals surface area contributed by atoms with Crippen LogP contribution in [-0.4, -0.2) is 63.4 Å². The second-order valence-corrected chi connectivity index (χ2v) is 4.98. The molecular formula is C15H18N4O5. The number of carbonyl (C=O) groups is 1. The van der Waals surface area contributed by atoms with Gasteiger partial charge in [0, 0.05) is 0 Å². The van der Waals surface area contributed by atoms with Crippen LogP contribution in [0.4, 0.5) is 0 Å². The fraction of sp³-hybridized carbons (Fsp3) is 0.267. The van der Waals surface area contributed by atoms with Gasteiger partial charge in [0.05, 0.1) is 12.8 Å². The zero-order valence-corrected chi connectivity index (χ0v) is 12.6. The highest BCUT2D eigenvalue weighted by atomic mass is 16.4. The summed E-state index contributed by atoms with van der Waals surface area (Å²) in [5.74, 6) is -0.351. The van der Waals surface area contributed by atoms with Crippen molar-refractivity contribution in [3.63, 3.8) is 0 Å². The third kappa shape index (κ3) is 4.70. The topological polar surface area (TPSA) is 147 Å². The van der Waals surface area contributed by atoms with Crippen LogP contribution in [0.2, 0.25) is 0 Å². The summed E-state index contributed by atoms with van der Waals surface area (Å²) in [4.78, 5) is 15.8. The van der Waals surface area contributed by atoms with Crippen molar-refractivity contribution in [2.75, 3.05) is 6.61 Å². The molecule has 0 unspecified atom stereocenters. The van der Waals surface area contributed by atoms with Crippen molar-refractivity contribution < 1.29 is 25.2 Å². The number of hydrogen-bond donors (Lipinski definition) is 6. The molecule has 6 N–H and O–H groups in total. The minimum absolute atomic E-state index is 0.0582. The molecule has 0 fully saturated rings. The van der Waals surface area contributed by atoms with E-state index >= 15 is 0 Å². The van der Waals surface area contributed by atoms with Crippen molar-refractivity contribution in [1.82, 2.24) is 10.7 Å². The van der Waals surface area contributed by atoms with Crippen LogP contribution in [0.5, 0.6) is 0 Å². The zero-order chi connectivity index (χ0) is 17.5. The van der Waals surface area contributed by atoms with E-state index in [1.165, 1.54) is 0 Å². The van der Waals surface area contributed by atoms with Crippen LogP contribution in [0.1, 0.15) is 5.56 Å². The Morgan fingerprint density at radius 1 is 1.25 bits per heavy atom. The first-order valence-electron chi connectivity index (χ1n) is 7.12. The lowest BCUT2D eigenvalue weighted by molar-refractivity contribution is -0.115. The monoisotopic (exact) mass is 334 g/mol. The molecule has 0 saturated heterocycles. The number of hydrogen-bond acceptors (Lipinski definition) is 8. The molecular weight excluding hydrogens is 316 g/mol. The predicted octanol–water partition coefficient (Wildman–Crippen LogP) is -1.84. The van der Waals surface area contributed by atoms with E-state index in [4.69, 9.17) is 5.11 Å².